The minimum absolute atomic E-state index is 0.0790. The van der Waals surface area contributed by atoms with Gasteiger partial charge >= 0.3 is 0 Å². The fourth-order valence-electron chi connectivity index (χ4n) is 2.34. The third kappa shape index (κ3) is 4.94. The summed E-state index contributed by atoms with van der Waals surface area (Å²) in [5.74, 6) is 0.810. The zero-order valence-electron chi connectivity index (χ0n) is 12.3. The lowest BCUT2D eigenvalue weighted by Crippen LogP contribution is -2.44. The van der Waals surface area contributed by atoms with Gasteiger partial charge < -0.3 is 15.5 Å². The third-order valence-electron chi connectivity index (χ3n) is 3.70. The van der Waals surface area contributed by atoms with E-state index in [9.17, 15) is 4.79 Å². The van der Waals surface area contributed by atoms with Gasteiger partial charge in [0, 0.05) is 19.1 Å². The van der Waals surface area contributed by atoms with Crippen molar-refractivity contribution in [1.29, 1.82) is 0 Å². The number of carbonyl (C=O) groups is 1. The highest BCUT2D eigenvalue weighted by atomic mass is 16.2. The van der Waals surface area contributed by atoms with Crippen LogP contribution in [0.5, 0.6) is 0 Å². The van der Waals surface area contributed by atoms with Crippen molar-refractivity contribution in [2.24, 2.45) is 5.92 Å². The number of hydrogen-bond donors (Lipinski definition) is 2. The second kappa shape index (κ2) is 7.74. The molecule has 0 spiro atoms. The molecular formula is C14H29N3O. The maximum atomic E-state index is 11.7. The van der Waals surface area contributed by atoms with Crippen LogP contribution >= 0.6 is 0 Å². The molecule has 1 heterocycles. The summed E-state index contributed by atoms with van der Waals surface area (Å²) in [6, 6.07) is 0.560. The third-order valence-corrected chi connectivity index (χ3v) is 3.70. The van der Waals surface area contributed by atoms with E-state index in [-0.39, 0.29) is 11.9 Å². The fourth-order valence-corrected chi connectivity index (χ4v) is 2.34. The van der Waals surface area contributed by atoms with Gasteiger partial charge in [0.05, 0.1) is 6.04 Å². The van der Waals surface area contributed by atoms with Gasteiger partial charge in [-0.05, 0) is 52.6 Å². The molecule has 0 saturated carbocycles. The Labute approximate surface area is 111 Å². The van der Waals surface area contributed by atoms with Crippen molar-refractivity contribution in [1.82, 2.24) is 15.5 Å². The molecule has 0 aromatic carbocycles. The van der Waals surface area contributed by atoms with Crippen molar-refractivity contribution in [2.75, 3.05) is 26.2 Å². The molecule has 1 rings (SSSR count). The van der Waals surface area contributed by atoms with Crippen molar-refractivity contribution in [3.8, 4) is 0 Å². The van der Waals surface area contributed by atoms with Crippen LogP contribution in [0.2, 0.25) is 0 Å². The van der Waals surface area contributed by atoms with Crippen molar-refractivity contribution < 1.29 is 4.79 Å². The van der Waals surface area contributed by atoms with E-state index in [4.69, 9.17) is 0 Å². The average molecular weight is 255 g/mol. The summed E-state index contributed by atoms with van der Waals surface area (Å²) in [6.45, 7) is 12.6. The Kier molecular flexibility index (Phi) is 6.65. The van der Waals surface area contributed by atoms with Gasteiger partial charge in [-0.1, -0.05) is 6.92 Å². The van der Waals surface area contributed by atoms with Crippen LogP contribution in [0.15, 0.2) is 0 Å². The number of rotatable bonds is 7. The zero-order valence-corrected chi connectivity index (χ0v) is 12.3. The van der Waals surface area contributed by atoms with Crippen LogP contribution in [-0.4, -0.2) is 49.1 Å². The van der Waals surface area contributed by atoms with E-state index in [0.29, 0.717) is 12.0 Å². The second-order valence-corrected chi connectivity index (χ2v) is 5.66. The molecule has 0 aromatic rings. The van der Waals surface area contributed by atoms with Gasteiger partial charge in [0.25, 0.3) is 0 Å². The lowest BCUT2D eigenvalue weighted by molar-refractivity contribution is -0.122. The summed E-state index contributed by atoms with van der Waals surface area (Å²) < 4.78 is 0. The van der Waals surface area contributed by atoms with Crippen LogP contribution in [0, 0.1) is 5.92 Å². The van der Waals surface area contributed by atoms with Crippen LogP contribution in [0.25, 0.3) is 0 Å². The molecule has 1 saturated heterocycles. The highest BCUT2D eigenvalue weighted by Gasteiger charge is 2.24. The molecule has 1 aliphatic rings. The van der Waals surface area contributed by atoms with Crippen molar-refractivity contribution >= 4 is 5.91 Å². The number of nitrogens with one attached hydrogen (secondary N) is 2. The van der Waals surface area contributed by atoms with E-state index in [1.807, 2.05) is 6.92 Å². The average Bonchev–Trinajstić information content (AvgIpc) is 2.81. The smallest absolute Gasteiger partial charge is 0.236 e. The lowest BCUT2D eigenvalue weighted by atomic mass is 10.1. The van der Waals surface area contributed by atoms with Gasteiger partial charge in [0.15, 0.2) is 0 Å². The monoisotopic (exact) mass is 255 g/mol. The topological polar surface area (TPSA) is 44.4 Å². The zero-order chi connectivity index (χ0) is 13.5. The SMILES string of the molecule is CCCNC(=O)C(C)NCC1CCN(C(C)C)C1. The van der Waals surface area contributed by atoms with Gasteiger partial charge in [-0.15, -0.1) is 0 Å². The number of likely N-dealkylation sites (tertiary alicyclic amines) is 1. The molecule has 0 bridgehead atoms. The minimum atomic E-state index is -0.0790. The maximum Gasteiger partial charge on any atom is 0.236 e. The van der Waals surface area contributed by atoms with E-state index in [2.05, 4.69) is 36.3 Å². The molecule has 1 aliphatic heterocycles. The Hall–Kier alpha value is -0.610. The first kappa shape index (κ1) is 15.4. The lowest BCUT2D eigenvalue weighted by Gasteiger charge is -2.21. The Morgan fingerprint density at radius 1 is 1.39 bits per heavy atom. The molecule has 1 fully saturated rings. The molecular weight excluding hydrogens is 226 g/mol. The predicted octanol–water partition coefficient (Wildman–Crippen LogP) is 1.22. The molecule has 0 aromatic heterocycles. The van der Waals surface area contributed by atoms with E-state index in [0.717, 1.165) is 26.1 Å². The fraction of sp³-hybridized carbons (Fsp3) is 0.929. The molecule has 2 atom stereocenters. The number of carbonyl (C=O) groups excluding carboxylic acids is 1. The van der Waals surface area contributed by atoms with Crippen molar-refractivity contribution in [3.05, 3.63) is 0 Å². The second-order valence-electron chi connectivity index (χ2n) is 5.66. The van der Waals surface area contributed by atoms with Gasteiger partial charge in [-0.2, -0.15) is 0 Å². The first-order valence-corrected chi connectivity index (χ1v) is 7.29. The molecule has 1 amide bonds. The Balaban J connectivity index is 2.19. The van der Waals surface area contributed by atoms with E-state index >= 15 is 0 Å². The van der Waals surface area contributed by atoms with Crippen LogP contribution < -0.4 is 10.6 Å². The number of amides is 1. The van der Waals surface area contributed by atoms with Crippen molar-refractivity contribution in [2.45, 2.75) is 52.6 Å². The van der Waals surface area contributed by atoms with Crippen LogP contribution in [0.3, 0.4) is 0 Å². The summed E-state index contributed by atoms with van der Waals surface area (Å²) in [5.41, 5.74) is 0. The summed E-state index contributed by atoms with van der Waals surface area (Å²) >= 11 is 0. The summed E-state index contributed by atoms with van der Waals surface area (Å²) in [4.78, 5) is 14.2. The highest BCUT2D eigenvalue weighted by molar-refractivity contribution is 5.81. The number of hydrogen-bond acceptors (Lipinski definition) is 3. The highest BCUT2D eigenvalue weighted by Crippen LogP contribution is 2.17. The Morgan fingerprint density at radius 3 is 2.67 bits per heavy atom. The van der Waals surface area contributed by atoms with Gasteiger partial charge in [0.1, 0.15) is 0 Å². The van der Waals surface area contributed by atoms with Crippen LogP contribution in [-0.2, 0) is 4.79 Å². The normalized spacial score (nSPS) is 22.4. The first-order chi connectivity index (χ1) is 8.54. The maximum absolute atomic E-state index is 11.7. The van der Waals surface area contributed by atoms with E-state index in [1.165, 1.54) is 13.0 Å². The van der Waals surface area contributed by atoms with Crippen LogP contribution in [0.4, 0.5) is 0 Å². The van der Waals surface area contributed by atoms with Gasteiger partial charge in [-0.25, -0.2) is 0 Å². The molecule has 0 radical (unpaired) electrons. The van der Waals surface area contributed by atoms with E-state index < -0.39 is 0 Å². The molecule has 0 aliphatic carbocycles. The molecule has 4 nitrogen and oxygen atoms in total. The standard InChI is InChI=1S/C14H29N3O/c1-5-7-15-14(18)12(4)16-9-13-6-8-17(10-13)11(2)3/h11-13,16H,5-10H2,1-4H3,(H,15,18). The molecule has 18 heavy (non-hydrogen) atoms. The van der Waals surface area contributed by atoms with Crippen molar-refractivity contribution in [3.63, 3.8) is 0 Å². The largest absolute Gasteiger partial charge is 0.355 e. The molecule has 2 unspecified atom stereocenters. The van der Waals surface area contributed by atoms with E-state index in [1.54, 1.807) is 0 Å². The van der Waals surface area contributed by atoms with Crippen LogP contribution in [0.1, 0.15) is 40.5 Å². The number of nitrogens with zero attached hydrogens (tertiary/aromatic N) is 1. The Bertz CT molecular complexity index is 255. The molecule has 106 valence electrons. The quantitative estimate of drug-likeness (QED) is 0.719. The molecule has 4 heteroatoms. The van der Waals surface area contributed by atoms with Gasteiger partial charge in [0.2, 0.25) is 5.91 Å². The Morgan fingerprint density at radius 2 is 2.11 bits per heavy atom. The summed E-state index contributed by atoms with van der Waals surface area (Å²) in [6.07, 6.45) is 2.24. The first-order valence-electron chi connectivity index (χ1n) is 7.29. The summed E-state index contributed by atoms with van der Waals surface area (Å²) in [7, 11) is 0. The summed E-state index contributed by atoms with van der Waals surface area (Å²) in [5, 5.41) is 6.28. The van der Waals surface area contributed by atoms with Gasteiger partial charge in [-0.3, -0.25) is 4.79 Å². The predicted molar refractivity (Wildman–Crippen MR) is 75.6 cm³/mol. The minimum Gasteiger partial charge on any atom is -0.355 e. The molecule has 2 N–H and O–H groups in total.